The molecule has 0 aliphatic heterocycles. The van der Waals surface area contributed by atoms with Crippen molar-refractivity contribution in [3.63, 3.8) is 0 Å². The minimum absolute atomic E-state index is 0.266. The van der Waals surface area contributed by atoms with Gasteiger partial charge in [-0.3, -0.25) is 9.78 Å². The van der Waals surface area contributed by atoms with E-state index in [-0.39, 0.29) is 5.91 Å². The lowest BCUT2D eigenvalue weighted by Gasteiger charge is -2.09. The van der Waals surface area contributed by atoms with Crippen LogP contribution >= 0.6 is 15.9 Å². The van der Waals surface area contributed by atoms with E-state index in [1.165, 1.54) is 0 Å². The number of hydrogen-bond acceptors (Lipinski definition) is 5. The highest BCUT2D eigenvalue weighted by Gasteiger charge is 2.10. The molecule has 7 heteroatoms. The second-order valence-electron chi connectivity index (χ2n) is 5.42. The molecule has 0 spiro atoms. The topological polar surface area (TPSA) is 79.8 Å². The van der Waals surface area contributed by atoms with Crippen LogP contribution in [0.3, 0.4) is 0 Å². The number of nitrogens with zero attached hydrogens (tertiary/aromatic N) is 3. The monoisotopic (exact) mass is 397 g/mol. The Balaban J connectivity index is 1.69. The maximum Gasteiger partial charge on any atom is 0.270 e. The molecule has 2 heterocycles. The molecule has 3 rings (SSSR count). The molecule has 0 saturated carbocycles. The number of benzene rings is 1. The van der Waals surface area contributed by atoms with Crippen molar-refractivity contribution in [2.45, 2.75) is 13.5 Å². The van der Waals surface area contributed by atoms with Crippen LogP contribution in [0.2, 0.25) is 0 Å². The van der Waals surface area contributed by atoms with E-state index in [2.05, 4.69) is 41.5 Å². The number of rotatable bonds is 5. The molecule has 25 heavy (non-hydrogen) atoms. The van der Waals surface area contributed by atoms with Gasteiger partial charge in [0.25, 0.3) is 5.91 Å². The van der Waals surface area contributed by atoms with Gasteiger partial charge in [-0.15, -0.1) is 0 Å². The largest absolute Gasteiger partial charge is 0.347 e. The zero-order valence-corrected chi connectivity index (χ0v) is 15.1. The Bertz CT molecular complexity index is 886. The van der Waals surface area contributed by atoms with Crippen LogP contribution in [0.25, 0.3) is 0 Å². The maximum absolute atomic E-state index is 12.3. The molecule has 126 valence electrons. The maximum atomic E-state index is 12.3. The number of halogens is 1. The summed E-state index contributed by atoms with van der Waals surface area (Å²) in [5.41, 5.74) is 3.19. The number of hydrogen-bond donors (Lipinski definition) is 2. The number of amides is 1. The predicted octanol–water partition coefficient (Wildman–Crippen LogP) is 3.62. The Hall–Kier alpha value is -2.80. The first-order valence-corrected chi connectivity index (χ1v) is 8.44. The van der Waals surface area contributed by atoms with Crippen LogP contribution in [0.5, 0.6) is 0 Å². The van der Waals surface area contributed by atoms with Crippen molar-refractivity contribution in [1.29, 1.82) is 0 Å². The molecule has 2 N–H and O–H groups in total. The molecule has 2 aromatic heterocycles. The lowest BCUT2D eigenvalue weighted by molar-refractivity contribution is 0.0946. The van der Waals surface area contributed by atoms with E-state index in [1.54, 1.807) is 24.7 Å². The number of carbonyl (C=O) groups excluding carboxylic acids is 1. The summed E-state index contributed by atoms with van der Waals surface area (Å²) >= 11 is 3.50. The third-order valence-corrected chi connectivity index (χ3v) is 4.09. The zero-order chi connectivity index (χ0) is 17.6. The van der Waals surface area contributed by atoms with E-state index in [4.69, 9.17) is 0 Å². The van der Waals surface area contributed by atoms with Crippen LogP contribution < -0.4 is 10.6 Å². The standard InChI is InChI=1S/C18H16BrN5O/c1-12-4-5-15(14(19)9-12)23-18-21-8-6-16(24-18)17(25)22-11-13-3-2-7-20-10-13/h2-10H,11H2,1H3,(H,22,25)(H,21,23,24). The van der Waals surface area contributed by atoms with E-state index in [0.717, 1.165) is 21.3 Å². The minimum atomic E-state index is -0.266. The SMILES string of the molecule is Cc1ccc(Nc2nccc(C(=O)NCc3cccnc3)n2)c(Br)c1. The summed E-state index contributed by atoms with van der Waals surface area (Å²) in [5.74, 6) is 0.0934. The fraction of sp³-hybridized carbons (Fsp3) is 0.111. The number of pyridine rings is 1. The van der Waals surface area contributed by atoms with E-state index in [0.29, 0.717) is 18.2 Å². The van der Waals surface area contributed by atoms with Gasteiger partial charge in [-0.05, 0) is 58.2 Å². The summed E-state index contributed by atoms with van der Waals surface area (Å²) in [7, 11) is 0. The second kappa shape index (κ2) is 7.85. The minimum Gasteiger partial charge on any atom is -0.347 e. The fourth-order valence-electron chi connectivity index (χ4n) is 2.16. The van der Waals surface area contributed by atoms with Crippen molar-refractivity contribution in [2.75, 3.05) is 5.32 Å². The molecule has 0 bridgehead atoms. The van der Waals surface area contributed by atoms with Gasteiger partial charge in [0.1, 0.15) is 5.69 Å². The van der Waals surface area contributed by atoms with Crippen LogP contribution in [0, 0.1) is 6.92 Å². The Morgan fingerprint density at radius 1 is 1.20 bits per heavy atom. The lowest BCUT2D eigenvalue weighted by atomic mass is 10.2. The number of carbonyl (C=O) groups is 1. The number of anilines is 2. The van der Waals surface area contributed by atoms with Gasteiger partial charge in [0.15, 0.2) is 0 Å². The van der Waals surface area contributed by atoms with Gasteiger partial charge in [0.05, 0.1) is 5.69 Å². The van der Waals surface area contributed by atoms with Gasteiger partial charge in [-0.2, -0.15) is 0 Å². The smallest absolute Gasteiger partial charge is 0.270 e. The highest BCUT2D eigenvalue weighted by atomic mass is 79.9. The molecule has 3 aromatic rings. The molecule has 0 aliphatic rings. The number of nitrogens with one attached hydrogen (secondary N) is 2. The van der Waals surface area contributed by atoms with Crippen LogP contribution in [0.1, 0.15) is 21.6 Å². The van der Waals surface area contributed by atoms with Crippen LogP contribution in [-0.4, -0.2) is 20.9 Å². The van der Waals surface area contributed by atoms with Crippen molar-refractivity contribution in [1.82, 2.24) is 20.3 Å². The Morgan fingerprint density at radius 3 is 2.84 bits per heavy atom. The van der Waals surface area contributed by atoms with Crippen molar-refractivity contribution in [3.8, 4) is 0 Å². The zero-order valence-electron chi connectivity index (χ0n) is 13.5. The molecule has 0 unspecified atom stereocenters. The Kier molecular flexibility index (Phi) is 5.35. The average molecular weight is 398 g/mol. The summed E-state index contributed by atoms with van der Waals surface area (Å²) in [5, 5.41) is 5.93. The summed E-state index contributed by atoms with van der Waals surface area (Å²) in [6.45, 7) is 2.40. The van der Waals surface area contributed by atoms with E-state index in [9.17, 15) is 4.79 Å². The predicted molar refractivity (Wildman–Crippen MR) is 99.6 cm³/mol. The van der Waals surface area contributed by atoms with Gasteiger partial charge >= 0.3 is 0 Å². The molecule has 6 nitrogen and oxygen atoms in total. The third kappa shape index (κ3) is 4.60. The first kappa shape index (κ1) is 17.0. The second-order valence-corrected chi connectivity index (χ2v) is 6.27. The van der Waals surface area contributed by atoms with Gasteiger partial charge in [0, 0.05) is 29.6 Å². The van der Waals surface area contributed by atoms with Crippen molar-refractivity contribution in [3.05, 3.63) is 76.3 Å². The molecule has 0 saturated heterocycles. The fourth-order valence-corrected chi connectivity index (χ4v) is 2.76. The van der Waals surface area contributed by atoms with E-state index in [1.807, 2.05) is 37.3 Å². The van der Waals surface area contributed by atoms with Crippen molar-refractivity contribution < 1.29 is 4.79 Å². The number of aromatic nitrogens is 3. The van der Waals surface area contributed by atoms with Gasteiger partial charge in [-0.1, -0.05) is 12.1 Å². The van der Waals surface area contributed by atoms with E-state index < -0.39 is 0 Å². The molecule has 0 radical (unpaired) electrons. The first-order valence-electron chi connectivity index (χ1n) is 7.65. The number of aryl methyl sites for hydroxylation is 1. The van der Waals surface area contributed by atoms with E-state index >= 15 is 0 Å². The average Bonchev–Trinajstić information content (AvgIpc) is 2.63. The van der Waals surface area contributed by atoms with Gasteiger partial charge < -0.3 is 10.6 Å². The summed E-state index contributed by atoms with van der Waals surface area (Å²) < 4.78 is 0.905. The highest BCUT2D eigenvalue weighted by Crippen LogP contribution is 2.25. The summed E-state index contributed by atoms with van der Waals surface area (Å²) in [6.07, 6.45) is 4.95. The molecule has 1 amide bonds. The lowest BCUT2D eigenvalue weighted by Crippen LogP contribution is -2.24. The molecule has 0 aliphatic carbocycles. The molecule has 0 atom stereocenters. The molecular formula is C18H16BrN5O. The Labute approximate surface area is 153 Å². The molecular weight excluding hydrogens is 382 g/mol. The van der Waals surface area contributed by atoms with Crippen molar-refractivity contribution >= 4 is 33.5 Å². The highest BCUT2D eigenvalue weighted by molar-refractivity contribution is 9.10. The van der Waals surface area contributed by atoms with Gasteiger partial charge in [-0.25, -0.2) is 9.97 Å². The summed E-state index contributed by atoms with van der Waals surface area (Å²) in [4.78, 5) is 24.7. The normalized spacial score (nSPS) is 10.3. The first-order chi connectivity index (χ1) is 12.1. The van der Waals surface area contributed by atoms with Crippen LogP contribution in [0.15, 0.2) is 59.5 Å². The van der Waals surface area contributed by atoms with Gasteiger partial charge in [0.2, 0.25) is 5.95 Å². The quantitative estimate of drug-likeness (QED) is 0.687. The van der Waals surface area contributed by atoms with Crippen LogP contribution in [-0.2, 0) is 6.54 Å². The van der Waals surface area contributed by atoms with Crippen molar-refractivity contribution in [2.24, 2.45) is 0 Å². The molecule has 1 aromatic carbocycles. The molecule has 0 fully saturated rings. The third-order valence-electron chi connectivity index (χ3n) is 3.44. The Morgan fingerprint density at radius 2 is 2.08 bits per heavy atom. The summed E-state index contributed by atoms with van der Waals surface area (Å²) in [6, 6.07) is 11.2. The van der Waals surface area contributed by atoms with Crippen LogP contribution in [0.4, 0.5) is 11.6 Å².